The van der Waals surface area contributed by atoms with E-state index in [1.54, 1.807) is 12.4 Å². The molecule has 2 heterocycles. The normalized spacial score (nSPS) is 10.3. The molecule has 0 spiro atoms. The SMILES string of the molecule is CNCc1cnc(Cc2ccncc2)nc1. The summed E-state index contributed by atoms with van der Waals surface area (Å²) in [6, 6.07) is 3.95. The van der Waals surface area contributed by atoms with E-state index in [9.17, 15) is 0 Å². The molecular weight excluding hydrogens is 200 g/mol. The summed E-state index contributed by atoms with van der Waals surface area (Å²) in [5.41, 5.74) is 2.28. The molecule has 0 amide bonds. The van der Waals surface area contributed by atoms with Crippen molar-refractivity contribution in [2.24, 2.45) is 0 Å². The molecule has 0 saturated carbocycles. The highest BCUT2D eigenvalue weighted by Crippen LogP contribution is 2.04. The Morgan fingerprint density at radius 3 is 2.38 bits per heavy atom. The third-order valence-corrected chi connectivity index (χ3v) is 2.25. The van der Waals surface area contributed by atoms with Gasteiger partial charge < -0.3 is 5.32 Å². The summed E-state index contributed by atoms with van der Waals surface area (Å²) in [5, 5.41) is 3.06. The van der Waals surface area contributed by atoms with Crippen molar-refractivity contribution in [1.82, 2.24) is 20.3 Å². The maximum Gasteiger partial charge on any atom is 0.132 e. The minimum Gasteiger partial charge on any atom is -0.316 e. The molecule has 0 unspecified atom stereocenters. The molecule has 0 atom stereocenters. The van der Waals surface area contributed by atoms with E-state index in [-0.39, 0.29) is 0 Å². The monoisotopic (exact) mass is 214 g/mol. The first-order valence-corrected chi connectivity index (χ1v) is 5.22. The number of nitrogens with one attached hydrogen (secondary N) is 1. The highest BCUT2D eigenvalue weighted by atomic mass is 14.9. The average molecular weight is 214 g/mol. The number of hydrogen-bond donors (Lipinski definition) is 1. The molecule has 82 valence electrons. The first-order chi connectivity index (χ1) is 7.88. The second-order valence-electron chi connectivity index (χ2n) is 3.57. The first kappa shape index (κ1) is 10.7. The van der Waals surface area contributed by atoms with Gasteiger partial charge in [-0.3, -0.25) is 4.98 Å². The van der Waals surface area contributed by atoms with Crippen LogP contribution in [0.1, 0.15) is 17.0 Å². The molecule has 4 heteroatoms. The molecule has 0 aliphatic carbocycles. The molecule has 2 rings (SSSR count). The van der Waals surface area contributed by atoms with Crippen molar-refractivity contribution in [3.63, 3.8) is 0 Å². The van der Waals surface area contributed by atoms with Gasteiger partial charge in [-0.05, 0) is 24.7 Å². The first-order valence-electron chi connectivity index (χ1n) is 5.22. The Bertz CT molecular complexity index is 425. The maximum atomic E-state index is 4.32. The average Bonchev–Trinajstić information content (AvgIpc) is 2.33. The van der Waals surface area contributed by atoms with Crippen LogP contribution in [0.4, 0.5) is 0 Å². The molecule has 0 fully saturated rings. The van der Waals surface area contributed by atoms with Gasteiger partial charge in [0.15, 0.2) is 0 Å². The van der Waals surface area contributed by atoms with Crippen LogP contribution in [0.5, 0.6) is 0 Å². The van der Waals surface area contributed by atoms with Gasteiger partial charge in [0, 0.05) is 43.3 Å². The number of hydrogen-bond acceptors (Lipinski definition) is 4. The molecule has 2 aromatic heterocycles. The van der Waals surface area contributed by atoms with Crippen LogP contribution in [0.2, 0.25) is 0 Å². The molecule has 0 aromatic carbocycles. The molecule has 0 aliphatic heterocycles. The Kier molecular flexibility index (Phi) is 3.56. The van der Waals surface area contributed by atoms with Crippen molar-refractivity contribution < 1.29 is 0 Å². The van der Waals surface area contributed by atoms with E-state index in [1.165, 1.54) is 5.56 Å². The Morgan fingerprint density at radius 2 is 1.75 bits per heavy atom. The van der Waals surface area contributed by atoms with E-state index >= 15 is 0 Å². The lowest BCUT2D eigenvalue weighted by Crippen LogP contribution is -2.07. The van der Waals surface area contributed by atoms with Gasteiger partial charge in [0.25, 0.3) is 0 Å². The molecule has 0 bridgehead atoms. The van der Waals surface area contributed by atoms with Crippen LogP contribution >= 0.6 is 0 Å². The van der Waals surface area contributed by atoms with Crippen LogP contribution in [0, 0.1) is 0 Å². The van der Waals surface area contributed by atoms with Crippen LogP contribution in [-0.2, 0) is 13.0 Å². The molecule has 1 N–H and O–H groups in total. The molecule has 0 radical (unpaired) electrons. The maximum absolute atomic E-state index is 4.32. The van der Waals surface area contributed by atoms with Crippen LogP contribution in [0.3, 0.4) is 0 Å². The van der Waals surface area contributed by atoms with Gasteiger partial charge in [-0.1, -0.05) is 0 Å². The van der Waals surface area contributed by atoms with E-state index in [0.29, 0.717) is 0 Å². The summed E-state index contributed by atoms with van der Waals surface area (Å²) in [4.78, 5) is 12.6. The van der Waals surface area contributed by atoms with Crippen LogP contribution in [0.15, 0.2) is 36.9 Å². The second-order valence-corrected chi connectivity index (χ2v) is 3.57. The van der Waals surface area contributed by atoms with Crippen molar-refractivity contribution in [1.29, 1.82) is 0 Å². The summed E-state index contributed by atoms with van der Waals surface area (Å²) >= 11 is 0. The van der Waals surface area contributed by atoms with Gasteiger partial charge in [0.1, 0.15) is 5.82 Å². The topological polar surface area (TPSA) is 50.7 Å². The molecule has 0 saturated heterocycles. The molecule has 16 heavy (non-hydrogen) atoms. The van der Waals surface area contributed by atoms with E-state index in [0.717, 1.165) is 24.4 Å². The van der Waals surface area contributed by atoms with Crippen LogP contribution < -0.4 is 5.32 Å². The molecular formula is C12H14N4. The summed E-state index contributed by atoms with van der Waals surface area (Å²) in [5.74, 6) is 0.839. The Balaban J connectivity index is 2.05. The smallest absolute Gasteiger partial charge is 0.132 e. The van der Waals surface area contributed by atoms with E-state index in [2.05, 4.69) is 20.3 Å². The van der Waals surface area contributed by atoms with Gasteiger partial charge >= 0.3 is 0 Å². The second kappa shape index (κ2) is 5.32. The van der Waals surface area contributed by atoms with Crippen LogP contribution in [-0.4, -0.2) is 22.0 Å². The predicted molar refractivity (Wildman–Crippen MR) is 61.8 cm³/mol. The summed E-state index contributed by atoms with van der Waals surface area (Å²) < 4.78 is 0. The number of aromatic nitrogens is 3. The zero-order valence-electron chi connectivity index (χ0n) is 9.22. The zero-order chi connectivity index (χ0) is 11.2. The number of rotatable bonds is 4. The van der Waals surface area contributed by atoms with Crippen molar-refractivity contribution in [3.8, 4) is 0 Å². The zero-order valence-corrected chi connectivity index (χ0v) is 9.22. The lowest BCUT2D eigenvalue weighted by molar-refractivity contribution is 0.798. The fourth-order valence-electron chi connectivity index (χ4n) is 1.45. The van der Waals surface area contributed by atoms with Gasteiger partial charge in [0.05, 0.1) is 0 Å². The third kappa shape index (κ3) is 2.84. The molecule has 0 aliphatic rings. The Hall–Kier alpha value is -1.81. The predicted octanol–water partition coefficient (Wildman–Crippen LogP) is 1.18. The van der Waals surface area contributed by atoms with Gasteiger partial charge in [0.2, 0.25) is 0 Å². The Labute approximate surface area is 94.8 Å². The van der Waals surface area contributed by atoms with Gasteiger partial charge in [-0.25, -0.2) is 9.97 Å². The van der Waals surface area contributed by atoms with Crippen LogP contribution in [0.25, 0.3) is 0 Å². The van der Waals surface area contributed by atoms with Crippen molar-refractivity contribution in [2.75, 3.05) is 7.05 Å². The summed E-state index contributed by atoms with van der Waals surface area (Å²) in [6.07, 6.45) is 8.04. The van der Waals surface area contributed by atoms with Gasteiger partial charge in [-0.15, -0.1) is 0 Å². The highest BCUT2D eigenvalue weighted by molar-refractivity contribution is 5.16. The standard InChI is InChI=1S/C12H14N4/c1-13-7-11-8-15-12(16-9-11)6-10-2-4-14-5-3-10/h2-5,8-9,13H,6-7H2,1H3. The quantitative estimate of drug-likeness (QED) is 0.830. The number of pyridine rings is 1. The Morgan fingerprint density at radius 1 is 1.06 bits per heavy atom. The summed E-state index contributed by atoms with van der Waals surface area (Å²) in [6.45, 7) is 0.801. The molecule has 4 nitrogen and oxygen atoms in total. The fraction of sp³-hybridized carbons (Fsp3) is 0.250. The van der Waals surface area contributed by atoms with E-state index < -0.39 is 0 Å². The largest absolute Gasteiger partial charge is 0.316 e. The lowest BCUT2D eigenvalue weighted by Gasteiger charge is -2.02. The minimum absolute atomic E-state index is 0.752. The minimum atomic E-state index is 0.752. The van der Waals surface area contributed by atoms with E-state index in [1.807, 2.05) is 31.6 Å². The number of nitrogens with zero attached hydrogens (tertiary/aromatic N) is 3. The summed E-state index contributed by atoms with van der Waals surface area (Å²) in [7, 11) is 1.91. The fourth-order valence-corrected chi connectivity index (χ4v) is 1.45. The lowest BCUT2D eigenvalue weighted by atomic mass is 10.2. The van der Waals surface area contributed by atoms with Crippen molar-refractivity contribution in [2.45, 2.75) is 13.0 Å². The van der Waals surface area contributed by atoms with Gasteiger partial charge in [-0.2, -0.15) is 0 Å². The van der Waals surface area contributed by atoms with Crippen molar-refractivity contribution >= 4 is 0 Å². The highest BCUT2D eigenvalue weighted by Gasteiger charge is 1.99. The van der Waals surface area contributed by atoms with E-state index in [4.69, 9.17) is 0 Å². The van der Waals surface area contributed by atoms with Crippen molar-refractivity contribution in [3.05, 3.63) is 53.9 Å². The molecule has 2 aromatic rings. The third-order valence-electron chi connectivity index (χ3n) is 2.25.